The van der Waals surface area contributed by atoms with Gasteiger partial charge in [0.25, 0.3) is 0 Å². The summed E-state index contributed by atoms with van der Waals surface area (Å²) in [5.41, 5.74) is 2.51. The van der Waals surface area contributed by atoms with Crippen molar-refractivity contribution in [3.8, 4) is 0 Å². The van der Waals surface area contributed by atoms with Crippen LogP contribution in [0.4, 0.5) is 0 Å². The molecule has 0 fully saturated rings. The molecule has 0 aliphatic heterocycles. The number of nitrogens with one attached hydrogen (secondary N) is 1. The van der Waals surface area contributed by atoms with Crippen LogP contribution in [0.15, 0.2) is 45.5 Å². The summed E-state index contributed by atoms with van der Waals surface area (Å²) in [4.78, 5) is 14.7. The van der Waals surface area contributed by atoms with Crippen LogP contribution in [0.2, 0.25) is 0 Å². The van der Waals surface area contributed by atoms with E-state index in [0.29, 0.717) is 23.9 Å². The van der Waals surface area contributed by atoms with Gasteiger partial charge in [0.15, 0.2) is 5.58 Å². The average Bonchev–Trinajstić information content (AvgIpc) is 3.30. The Morgan fingerprint density at radius 1 is 1.33 bits per heavy atom. The quantitative estimate of drug-likeness (QED) is 0.623. The molecule has 144 valence electrons. The van der Waals surface area contributed by atoms with Crippen LogP contribution in [0.25, 0.3) is 11.0 Å². The Labute approximate surface area is 159 Å². The maximum Gasteiger partial charge on any atom is 0.226 e. The number of carbonyl (C=O) groups excluding carboxylic acids is 1. The number of carbonyl (C=O) groups is 1. The molecule has 6 heteroatoms. The third-order valence-electron chi connectivity index (χ3n) is 4.90. The van der Waals surface area contributed by atoms with Crippen molar-refractivity contribution < 1.29 is 13.7 Å². The van der Waals surface area contributed by atoms with Gasteiger partial charge in [-0.2, -0.15) is 0 Å². The molecule has 0 bridgehead atoms. The van der Waals surface area contributed by atoms with Crippen molar-refractivity contribution in [2.45, 2.75) is 46.2 Å². The zero-order chi connectivity index (χ0) is 19.2. The van der Waals surface area contributed by atoms with Gasteiger partial charge in [-0.25, -0.2) is 0 Å². The molecule has 1 atom stereocenters. The van der Waals surface area contributed by atoms with Crippen LogP contribution in [0.1, 0.15) is 37.3 Å². The molecule has 6 nitrogen and oxygen atoms in total. The van der Waals surface area contributed by atoms with Crippen LogP contribution < -0.4 is 5.32 Å². The number of hydrogen-bond acceptors (Lipinski definition) is 5. The monoisotopic (exact) mass is 369 g/mol. The summed E-state index contributed by atoms with van der Waals surface area (Å²) in [6.45, 7) is 8.45. The molecule has 1 N–H and O–H groups in total. The highest BCUT2D eigenvalue weighted by Crippen LogP contribution is 2.20. The number of fused-ring (bicyclic) bond motifs is 1. The topological polar surface area (TPSA) is 71.5 Å². The highest BCUT2D eigenvalue weighted by Gasteiger charge is 2.16. The van der Waals surface area contributed by atoms with Crippen LogP contribution >= 0.6 is 0 Å². The van der Waals surface area contributed by atoms with Gasteiger partial charge in [0.1, 0.15) is 11.5 Å². The molecule has 0 aliphatic carbocycles. The Kier molecular flexibility index (Phi) is 6.29. The maximum absolute atomic E-state index is 12.3. The molecule has 0 aliphatic rings. The van der Waals surface area contributed by atoms with Gasteiger partial charge < -0.3 is 14.3 Å². The SMILES string of the molecule is CC[C@@H](C)N(CCNC(=O)Cc1noc2ccc(C)cc12)Cc1ccco1. The fourth-order valence-electron chi connectivity index (χ4n) is 3.10. The Bertz CT molecular complexity index is 870. The summed E-state index contributed by atoms with van der Waals surface area (Å²) in [6, 6.07) is 10.1. The number of hydrogen-bond donors (Lipinski definition) is 1. The van der Waals surface area contributed by atoms with Crippen LogP contribution in [0, 0.1) is 6.92 Å². The molecule has 2 aromatic heterocycles. The minimum atomic E-state index is -0.0474. The van der Waals surface area contributed by atoms with Gasteiger partial charge in [-0.05, 0) is 44.5 Å². The van der Waals surface area contributed by atoms with E-state index in [-0.39, 0.29) is 12.3 Å². The van der Waals surface area contributed by atoms with Gasteiger partial charge >= 0.3 is 0 Å². The smallest absolute Gasteiger partial charge is 0.226 e. The van der Waals surface area contributed by atoms with Crippen molar-refractivity contribution in [1.82, 2.24) is 15.4 Å². The summed E-state index contributed by atoms with van der Waals surface area (Å²) in [7, 11) is 0. The van der Waals surface area contributed by atoms with Crippen molar-refractivity contribution in [3.05, 3.63) is 53.6 Å². The molecule has 1 aromatic carbocycles. The lowest BCUT2D eigenvalue weighted by molar-refractivity contribution is -0.120. The van der Waals surface area contributed by atoms with Crippen LogP contribution in [-0.4, -0.2) is 35.1 Å². The van der Waals surface area contributed by atoms with Crippen LogP contribution in [0.5, 0.6) is 0 Å². The molecular weight excluding hydrogens is 342 g/mol. The number of aromatic nitrogens is 1. The van der Waals surface area contributed by atoms with E-state index in [1.165, 1.54) is 0 Å². The third-order valence-corrected chi connectivity index (χ3v) is 4.90. The Morgan fingerprint density at radius 2 is 2.19 bits per heavy atom. The third kappa shape index (κ3) is 4.98. The molecule has 1 amide bonds. The van der Waals surface area contributed by atoms with E-state index >= 15 is 0 Å². The first kappa shape index (κ1) is 19.2. The Hall–Kier alpha value is -2.60. The molecule has 0 radical (unpaired) electrons. The fourth-order valence-corrected chi connectivity index (χ4v) is 3.10. The summed E-state index contributed by atoms with van der Waals surface area (Å²) in [6.07, 6.45) is 2.95. The highest BCUT2D eigenvalue weighted by atomic mass is 16.5. The van der Waals surface area contributed by atoms with E-state index in [4.69, 9.17) is 8.94 Å². The first-order valence-corrected chi connectivity index (χ1v) is 9.45. The first-order valence-electron chi connectivity index (χ1n) is 9.45. The molecule has 27 heavy (non-hydrogen) atoms. The van der Waals surface area contributed by atoms with Crippen LogP contribution in [0.3, 0.4) is 0 Å². The zero-order valence-corrected chi connectivity index (χ0v) is 16.2. The van der Waals surface area contributed by atoms with E-state index in [1.54, 1.807) is 6.26 Å². The molecule has 0 saturated carbocycles. The van der Waals surface area contributed by atoms with E-state index in [1.807, 2.05) is 37.3 Å². The second kappa shape index (κ2) is 8.86. The van der Waals surface area contributed by atoms with Crippen molar-refractivity contribution in [1.29, 1.82) is 0 Å². The maximum atomic E-state index is 12.3. The lowest BCUT2D eigenvalue weighted by Gasteiger charge is -2.27. The standard InChI is InChI=1S/C21H27N3O3/c1-4-16(3)24(14-17-6-5-11-26-17)10-9-22-21(25)13-19-18-12-15(2)7-8-20(18)27-23-19/h5-8,11-12,16H,4,9-10,13-14H2,1-3H3,(H,22,25)/t16-/m1/s1. The van der Waals surface area contributed by atoms with Crippen molar-refractivity contribution in [2.75, 3.05) is 13.1 Å². The molecule has 2 heterocycles. The minimum Gasteiger partial charge on any atom is -0.468 e. The number of rotatable bonds is 9. The van der Waals surface area contributed by atoms with Crippen LogP contribution in [-0.2, 0) is 17.8 Å². The highest BCUT2D eigenvalue weighted by molar-refractivity contribution is 5.86. The van der Waals surface area contributed by atoms with Gasteiger partial charge in [-0.15, -0.1) is 0 Å². The Morgan fingerprint density at radius 3 is 2.93 bits per heavy atom. The summed E-state index contributed by atoms with van der Waals surface area (Å²) < 4.78 is 10.8. The lowest BCUT2D eigenvalue weighted by Crippen LogP contribution is -2.39. The van der Waals surface area contributed by atoms with E-state index in [0.717, 1.165) is 36.2 Å². The molecule has 3 aromatic rings. The minimum absolute atomic E-state index is 0.0474. The Balaban J connectivity index is 1.53. The van der Waals surface area contributed by atoms with E-state index in [9.17, 15) is 4.79 Å². The predicted molar refractivity (Wildman–Crippen MR) is 104 cm³/mol. The normalized spacial score (nSPS) is 12.6. The van der Waals surface area contributed by atoms with E-state index in [2.05, 4.69) is 29.2 Å². The summed E-state index contributed by atoms with van der Waals surface area (Å²) in [5.74, 6) is 0.889. The average molecular weight is 369 g/mol. The molecule has 3 rings (SSSR count). The van der Waals surface area contributed by atoms with Gasteiger partial charge in [-0.3, -0.25) is 9.69 Å². The lowest BCUT2D eigenvalue weighted by atomic mass is 10.1. The number of amides is 1. The predicted octanol–water partition coefficient (Wildman–Crippen LogP) is 3.69. The number of aryl methyl sites for hydroxylation is 1. The summed E-state index contributed by atoms with van der Waals surface area (Å²) in [5, 5.41) is 7.96. The molecule has 0 unspecified atom stereocenters. The van der Waals surface area contributed by atoms with Crippen molar-refractivity contribution in [3.63, 3.8) is 0 Å². The van der Waals surface area contributed by atoms with E-state index < -0.39 is 0 Å². The zero-order valence-electron chi connectivity index (χ0n) is 16.2. The van der Waals surface area contributed by atoms with Crippen molar-refractivity contribution in [2.24, 2.45) is 0 Å². The number of furan rings is 1. The van der Waals surface area contributed by atoms with Gasteiger partial charge in [-0.1, -0.05) is 23.7 Å². The second-order valence-electron chi connectivity index (χ2n) is 6.96. The van der Waals surface area contributed by atoms with Gasteiger partial charge in [0.05, 0.1) is 19.2 Å². The van der Waals surface area contributed by atoms with Crippen molar-refractivity contribution >= 4 is 16.9 Å². The fraction of sp³-hybridized carbons (Fsp3) is 0.429. The summed E-state index contributed by atoms with van der Waals surface area (Å²) >= 11 is 0. The molecular formula is C21H27N3O3. The molecule has 0 spiro atoms. The van der Waals surface area contributed by atoms with Gasteiger partial charge in [0.2, 0.25) is 5.91 Å². The number of benzene rings is 1. The molecule has 0 saturated heterocycles. The first-order chi connectivity index (χ1) is 13.1. The largest absolute Gasteiger partial charge is 0.468 e. The second-order valence-corrected chi connectivity index (χ2v) is 6.96. The van der Waals surface area contributed by atoms with Gasteiger partial charge in [0, 0.05) is 24.5 Å². The number of nitrogens with zero attached hydrogens (tertiary/aromatic N) is 2.